The van der Waals surface area contributed by atoms with Crippen LogP contribution in [-0.4, -0.2) is 24.2 Å². The quantitative estimate of drug-likeness (QED) is 0.879. The zero-order chi connectivity index (χ0) is 13.0. The Morgan fingerprint density at radius 2 is 1.89 bits per heavy atom. The highest BCUT2D eigenvalue weighted by Gasteiger charge is 2.44. The van der Waals surface area contributed by atoms with E-state index in [4.69, 9.17) is 0 Å². The van der Waals surface area contributed by atoms with Gasteiger partial charge in [0.05, 0.1) is 12.3 Å². The van der Waals surface area contributed by atoms with Gasteiger partial charge in [0, 0.05) is 18.4 Å². The number of aliphatic hydroxyl groups is 1. The third-order valence-electron chi connectivity index (χ3n) is 5.04. The first-order chi connectivity index (χ1) is 9.23. The third-order valence-corrected chi connectivity index (χ3v) is 5.04. The number of aliphatic hydroxyl groups excluding tert-OH is 1. The van der Waals surface area contributed by atoms with Gasteiger partial charge in [0.2, 0.25) is 5.91 Å². The van der Waals surface area contributed by atoms with Crippen LogP contribution in [-0.2, 0) is 23.1 Å². The number of hydrogen-bond acceptors (Lipinski definition) is 2. The van der Waals surface area contributed by atoms with E-state index in [0.717, 1.165) is 38.6 Å². The molecule has 1 N–H and O–H groups in total. The maximum atomic E-state index is 12.0. The Morgan fingerprint density at radius 3 is 2.58 bits per heavy atom. The molecule has 0 radical (unpaired) electrons. The number of amides is 1. The summed E-state index contributed by atoms with van der Waals surface area (Å²) < 4.78 is 0. The minimum atomic E-state index is 0.0370. The van der Waals surface area contributed by atoms with Gasteiger partial charge in [0.1, 0.15) is 0 Å². The van der Waals surface area contributed by atoms with Gasteiger partial charge < -0.3 is 10.0 Å². The average molecular weight is 257 g/mol. The molecule has 1 saturated carbocycles. The summed E-state index contributed by atoms with van der Waals surface area (Å²) in [5, 5.41) is 9.62. The number of aryl methyl sites for hydroxylation is 2. The number of nitrogens with zero attached hydrogens (tertiary/aromatic N) is 1. The third kappa shape index (κ3) is 1.57. The van der Waals surface area contributed by atoms with Crippen LogP contribution < -0.4 is 4.90 Å². The number of rotatable bonds is 2. The summed E-state index contributed by atoms with van der Waals surface area (Å²) in [6.45, 7) is 1.14. The lowest BCUT2D eigenvalue weighted by Gasteiger charge is -2.36. The van der Waals surface area contributed by atoms with Gasteiger partial charge in [-0.3, -0.25) is 4.79 Å². The molecule has 0 bridgehead atoms. The molecule has 100 valence electrons. The predicted molar refractivity (Wildman–Crippen MR) is 73.4 cm³/mol. The highest BCUT2D eigenvalue weighted by molar-refractivity contribution is 5.97. The maximum absolute atomic E-state index is 12.0. The molecule has 0 unspecified atom stereocenters. The summed E-state index contributed by atoms with van der Waals surface area (Å²) in [4.78, 5) is 14.0. The number of carbonyl (C=O) groups excluding carboxylic acids is 1. The van der Waals surface area contributed by atoms with Crippen LogP contribution in [0.3, 0.4) is 0 Å². The summed E-state index contributed by atoms with van der Waals surface area (Å²) in [6, 6.07) is 4.51. The molecule has 1 aromatic carbocycles. The van der Waals surface area contributed by atoms with E-state index in [9.17, 15) is 9.90 Å². The summed E-state index contributed by atoms with van der Waals surface area (Å²) in [5.41, 5.74) is 5.19. The van der Waals surface area contributed by atoms with Gasteiger partial charge in [-0.1, -0.05) is 12.1 Å². The molecule has 0 aromatic heterocycles. The monoisotopic (exact) mass is 257 g/mol. The molecular weight excluding hydrogens is 238 g/mol. The first kappa shape index (κ1) is 11.5. The largest absolute Gasteiger partial charge is 0.395 e. The van der Waals surface area contributed by atoms with Crippen molar-refractivity contribution < 1.29 is 9.90 Å². The fraction of sp³-hybridized carbons (Fsp3) is 0.562. The normalized spacial score (nSPS) is 23.2. The van der Waals surface area contributed by atoms with Crippen LogP contribution in [0.5, 0.6) is 0 Å². The number of hydrogen-bond donors (Lipinski definition) is 1. The molecule has 1 fully saturated rings. The van der Waals surface area contributed by atoms with E-state index in [-0.39, 0.29) is 17.9 Å². The van der Waals surface area contributed by atoms with Crippen LogP contribution in [0.2, 0.25) is 0 Å². The van der Waals surface area contributed by atoms with E-state index in [1.54, 1.807) is 0 Å². The van der Waals surface area contributed by atoms with Crippen LogP contribution in [0.4, 0.5) is 5.69 Å². The second-order valence-corrected chi connectivity index (χ2v) is 6.23. The van der Waals surface area contributed by atoms with Crippen LogP contribution in [0.15, 0.2) is 12.1 Å². The SMILES string of the molecule is O=C1CCc2cc(C3(CO)CC3)cc3c2N1CCC3. The lowest BCUT2D eigenvalue weighted by molar-refractivity contribution is -0.119. The zero-order valence-corrected chi connectivity index (χ0v) is 11.1. The maximum Gasteiger partial charge on any atom is 0.227 e. The van der Waals surface area contributed by atoms with E-state index < -0.39 is 0 Å². The molecule has 3 heteroatoms. The summed E-state index contributed by atoms with van der Waals surface area (Å²) >= 11 is 0. The van der Waals surface area contributed by atoms with Gasteiger partial charge in [-0.15, -0.1) is 0 Å². The van der Waals surface area contributed by atoms with E-state index in [0.29, 0.717) is 6.42 Å². The van der Waals surface area contributed by atoms with Crippen molar-refractivity contribution in [1.82, 2.24) is 0 Å². The molecule has 0 saturated heterocycles. The van der Waals surface area contributed by atoms with Gasteiger partial charge in [-0.25, -0.2) is 0 Å². The molecular formula is C16H19NO2. The Bertz CT molecular complexity index is 543. The minimum absolute atomic E-state index is 0.0370. The Hall–Kier alpha value is -1.35. The number of benzene rings is 1. The molecule has 1 aromatic rings. The molecule has 0 atom stereocenters. The predicted octanol–water partition coefficient (Wildman–Crippen LogP) is 1.94. The molecule has 2 heterocycles. The Balaban J connectivity index is 1.86. The minimum Gasteiger partial charge on any atom is -0.395 e. The van der Waals surface area contributed by atoms with Crippen LogP contribution >= 0.6 is 0 Å². The Labute approximate surface area is 113 Å². The van der Waals surface area contributed by atoms with E-state index in [1.807, 2.05) is 4.90 Å². The highest BCUT2D eigenvalue weighted by atomic mass is 16.3. The summed E-state index contributed by atoms with van der Waals surface area (Å²) in [7, 11) is 0. The average Bonchev–Trinajstić information content (AvgIpc) is 3.24. The highest BCUT2D eigenvalue weighted by Crippen LogP contribution is 2.50. The van der Waals surface area contributed by atoms with Gasteiger partial charge in [0.25, 0.3) is 0 Å². The van der Waals surface area contributed by atoms with E-state index >= 15 is 0 Å². The first-order valence-corrected chi connectivity index (χ1v) is 7.31. The van der Waals surface area contributed by atoms with Crippen molar-refractivity contribution in [1.29, 1.82) is 0 Å². The van der Waals surface area contributed by atoms with Gasteiger partial charge in [0.15, 0.2) is 0 Å². The lowest BCUT2D eigenvalue weighted by Crippen LogP contribution is -2.39. The fourth-order valence-corrected chi connectivity index (χ4v) is 3.65. The standard InChI is InChI=1S/C16H19NO2/c18-10-16(5-6-16)13-8-11-2-1-7-17-14(19)4-3-12(9-13)15(11)17/h8-9,18H,1-7,10H2. The van der Waals surface area contributed by atoms with Gasteiger partial charge in [-0.2, -0.15) is 0 Å². The van der Waals surface area contributed by atoms with Crippen molar-refractivity contribution in [2.24, 2.45) is 0 Å². The molecule has 2 aliphatic heterocycles. The second-order valence-electron chi connectivity index (χ2n) is 6.23. The van der Waals surface area contributed by atoms with Crippen molar-refractivity contribution in [3.63, 3.8) is 0 Å². The van der Waals surface area contributed by atoms with Crippen LogP contribution in [0, 0.1) is 0 Å². The first-order valence-electron chi connectivity index (χ1n) is 7.31. The van der Waals surface area contributed by atoms with E-state index in [1.165, 1.54) is 22.4 Å². The van der Waals surface area contributed by atoms with Crippen molar-refractivity contribution in [3.8, 4) is 0 Å². The van der Waals surface area contributed by atoms with Crippen molar-refractivity contribution >= 4 is 11.6 Å². The van der Waals surface area contributed by atoms with Gasteiger partial charge >= 0.3 is 0 Å². The second kappa shape index (κ2) is 3.83. The Kier molecular flexibility index (Phi) is 2.31. The molecule has 3 nitrogen and oxygen atoms in total. The molecule has 1 amide bonds. The molecule has 0 spiro atoms. The number of anilines is 1. The molecule has 19 heavy (non-hydrogen) atoms. The van der Waals surface area contributed by atoms with Crippen molar-refractivity contribution in [2.45, 2.75) is 43.9 Å². The molecule has 3 aliphatic rings. The van der Waals surface area contributed by atoms with Crippen molar-refractivity contribution in [2.75, 3.05) is 18.1 Å². The van der Waals surface area contributed by atoms with Crippen molar-refractivity contribution in [3.05, 3.63) is 28.8 Å². The smallest absolute Gasteiger partial charge is 0.227 e. The summed E-state index contributed by atoms with van der Waals surface area (Å²) in [6.07, 6.45) is 5.85. The Morgan fingerprint density at radius 1 is 1.16 bits per heavy atom. The zero-order valence-electron chi connectivity index (χ0n) is 11.1. The topological polar surface area (TPSA) is 40.5 Å². The lowest BCUT2D eigenvalue weighted by atomic mass is 9.85. The number of carbonyl (C=O) groups is 1. The van der Waals surface area contributed by atoms with Crippen LogP contribution in [0.25, 0.3) is 0 Å². The van der Waals surface area contributed by atoms with E-state index in [2.05, 4.69) is 12.1 Å². The molecule has 4 rings (SSSR count). The summed E-state index contributed by atoms with van der Waals surface area (Å²) in [5.74, 6) is 0.282. The fourth-order valence-electron chi connectivity index (χ4n) is 3.65. The molecule has 1 aliphatic carbocycles. The van der Waals surface area contributed by atoms with Gasteiger partial charge in [-0.05, 0) is 48.8 Å². The van der Waals surface area contributed by atoms with Crippen LogP contribution in [0.1, 0.15) is 42.4 Å².